The number of carbonyl (C=O) groups excluding carboxylic acids is 2. The second-order valence-corrected chi connectivity index (χ2v) is 4.63. The predicted octanol–water partition coefficient (Wildman–Crippen LogP) is 1.83. The number of rotatable bonds is 10. The molecule has 0 spiro atoms. The fourth-order valence-electron chi connectivity index (χ4n) is 1.78. The van der Waals surface area contributed by atoms with Crippen molar-refractivity contribution in [1.29, 1.82) is 0 Å². The summed E-state index contributed by atoms with van der Waals surface area (Å²) in [6.45, 7) is 0.811. The first-order valence-corrected chi connectivity index (χ1v) is 6.89. The van der Waals surface area contributed by atoms with Crippen LogP contribution in [0.4, 0.5) is 0 Å². The number of hydrogen-bond acceptors (Lipinski definition) is 5. The zero-order valence-corrected chi connectivity index (χ0v) is 14.4. The zero-order valence-electron chi connectivity index (χ0n) is 12.6. The molecule has 6 nitrogen and oxygen atoms in total. The summed E-state index contributed by atoms with van der Waals surface area (Å²) in [5, 5.41) is 1.26. The van der Waals surface area contributed by atoms with Crippen molar-refractivity contribution < 1.29 is 19.2 Å². The van der Waals surface area contributed by atoms with Crippen LogP contribution < -0.4 is 5.73 Å². The van der Waals surface area contributed by atoms with Gasteiger partial charge in [-0.05, 0) is 24.8 Å². The highest BCUT2D eigenvalue weighted by molar-refractivity contribution is 8.93. The number of hydrogen-bond donors (Lipinski definition) is 1. The summed E-state index contributed by atoms with van der Waals surface area (Å²) < 4.78 is 4.54. The van der Waals surface area contributed by atoms with Crippen LogP contribution in [0.25, 0.3) is 0 Å². The summed E-state index contributed by atoms with van der Waals surface area (Å²) in [6.07, 6.45) is 2.61. The Morgan fingerprint density at radius 3 is 2.59 bits per heavy atom. The molecule has 2 N–H and O–H groups in total. The Balaban J connectivity index is 0.00000441. The molecule has 0 bridgehead atoms. The van der Waals surface area contributed by atoms with Crippen LogP contribution >= 0.6 is 17.0 Å². The van der Waals surface area contributed by atoms with E-state index in [2.05, 4.69) is 4.74 Å². The van der Waals surface area contributed by atoms with E-state index in [0.29, 0.717) is 32.4 Å². The minimum absolute atomic E-state index is 0. The summed E-state index contributed by atoms with van der Waals surface area (Å²) in [5.74, 6) is -0.414. The molecule has 0 heterocycles. The third-order valence-corrected chi connectivity index (χ3v) is 3.00. The van der Waals surface area contributed by atoms with Crippen molar-refractivity contribution in [3.05, 3.63) is 35.9 Å². The number of hydroxylamine groups is 2. The maximum atomic E-state index is 11.1. The number of nitrogens with two attached hydrogens (primary N) is 1. The maximum absolute atomic E-state index is 11.1. The normalized spacial score (nSPS) is 11.2. The van der Waals surface area contributed by atoms with Gasteiger partial charge in [-0.3, -0.25) is 14.4 Å². The van der Waals surface area contributed by atoms with Gasteiger partial charge in [0.1, 0.15) is 12.6 Å². The largest absolute Gasteiger partial charge is 0.468 e. The number of carbonyl (C=O) groups is 2. The van der Waals surface area contributed by atoms with E-state index in [-0.39, 0.29) is 17.0 Å². The van der Waals surface area contributed by atoms with Crippen molar-refractivity contribution in [2.24, 2.45) is 5.73 Å². The second kappa shape index (κ2) is 12.1. The molecule has 1 aromatic carbocycles. The summed E-state index contributed by atoms with van der Waals surface area (Å²) >= 11 is 0. The number of benzene rings is 1. The van der Waals surface area contributed by atoms with E-state index in [1.165, 1.54) is 12.2 Å². The molecule has 7 heteroatoms. The molecule has 0 aliphatic carbocycles. The lowest BCUT2D eigenvalue weighted by atomic mass is 10.1. The highest BCUT2D eigenvalue weighted by Crippen LogP contribution is 2.05. The molecule has 0 saturated carbocycles. The molecule has 0 radical (unpaired) electrons. The van der Waals surface area contributed by atoms with Crippen LogP contribution in [-0.2, 0) is 25.8 Å². The van der Waals surface area contributed by atoms with E-state index in [9.17, 15) is 9.59 Å². The lowest BCUT2D eigenvalue weighted by Crippen LogP contribution is -2.31. The Labute approximate surface area is 141 Å². The lowest BCUT2D eigenvalue weighted by molar-refractivity contribution is -0.177. The van der Waals surface area contributed by atoms with E-state index in [1.54, 1.807) is 0 Å². The molecule has 124 valence electrons. The third-order valence-electron chi connectivity index (χ3n) is 3.00. The molecule has 0 aliphatic heterocycles. The van der Waals surface area contributed by atoms with Crippen LogP contribution in [-0.4, -0.2) is 37.1 Å². The Kier molecular flexibility index (Phi) is 11.3. The number of ether oxygens (including phenoxy) is 1. The van der Waals surface area contributed by atoms with Gasteiger partial charge in [-0.1, -0.05) is 30.3 Å². The van der Waals surface area contributed by atoms with E-state index >= 15 is 0 Å². The van der Waals surface area contributed by atoms with Gasteiger partial charge < -0.3 is 10.5 Å². The van der Waals surface area contributed by atoms with Crippen LogP contribution in [0.15, 0.2) is 30.3 Å². The van der Waals surface area contributed by atoms with Gasteiger partial charge in [0.25, 0.3) is 0 Å². The molecule has 0 unspecified atom stereocenters. The quantitative estimate of drug-likeness (QED) is 0.292. The minimum Gasteiger partial charge on any atom is -0.468 e. The number of unbranched alkanes of at least 4 members (excludes halogenated alkanes) is 1. The SMILES string of the molecule is Br.COC(=O)[C@H](N)CCCCN(C=O)OCc1ccccc1. The zero-order chi connectivity index (χ0) is 15.5. The standard InChI is InChI=1S/C15H22N2O4.BrH/c1-20-15(19)14(16)9-5-6-10-17(12-18)21-11-13-7-3-2-4-8-13;/h2-4,7-8,12,14H,5-6,9-11,16H2,1H3;1H/t14-;/m1./s1. The first kappa shape index (κ1) is 20.6. The molecule has 22 heavy (non-hydrogen) atoms. The van der Waals surface area contributed by atoms with Crippen LogP contribution in [0, 0.1) is 0 Å². The number of halogens is 1. The van der Waals surface area contributed by atoms with Crippen molar-refractivity contribution in [2.75, 3.05) is 13.7 Å². The topological polar surface area (TPSA) is 81.9 Å². The molecule has 0 saturated heterocycles. The van der Waals surface area contributed by atoms with Gasteiger partial charge in [-0.2, -0.15) is 0 Å². The Bertz CT molecular complexity index is 431. The van der Waals surface area contributed by atoms with E-state index in [1.807, 2.05) is 30.3 Å². The van der Waals surface area contributed by atoms with Gasteiger partial charge in [0.2, 0.25) is 6.41 Å². The molecule has 0 aliphatic rings. The molecule has 0 aromatic heterocycles. The number of esters is 1. The van der Waals surface area contributed by atoms with Crippen molar-refractivity contribution in [3.63, 3.8) is 0 Å². The molecular formula is C15H23BrN2O4. The van der Waals surface area contributed by atoms with Gasteiger partial charge in [0.15, 0.2) is 0 Å². The lowest BCUT2D eigenvalue weighted by Gasteiger charge is -2.17. The smallest absolute Gasteiger partial charge is 0.322 e. The van der Waals surface area contributed by atoms with Crippen LogP contribution in [0.3, 0.4) is 0 Å². The second-order valence-electron chi connectivity index (χ2n) is 4.63. The van der Waals surface area contributed by atoms with Gasteiger partial charge in [-0.15, -0.1) is 17.0 Å². The number of nitrogens with zero attached hydrogens (tertiary/aromatic N) is 1. The van der Waals surface area contributed by atoms with Crippen LogP contribution in [0.2, 0.25) is 0 Å². The first-order valence-electron chi connectivity index (χ1n) is 6.89. The van der Waals surface area contributed by atoms with Gasteiger partial charge in [0.05, 0.1) is 7.11 Å². The Morgan fingerprint density at radius 1 is 1.32 bits per heavy atom. The summed E-state index contributed by atoms with van der Waals surface area (Å²) in [4.78, 5) is 27.4. The minimum atomic E-state index is -0.607. The van der Waals surface area contributed by atoms with Crippen molar-refractivity contribution >= 4 is 29.4 Å². The summed E-state index contributed by atoms with van der Waals surface area (Å²) in [7, 11) is 1.31. The third kappa shape index (κ3) is 8.11. The number of amides is 1. The average molecular weight is 375 g/mol. The van der Waals surface area contributed by atoms with Crippen LogP contribution in [0.1, 0.15) is 24.8 Å². The first-order chi connectivity index (χ1) is 10.2. The molecule has 0 fully saturated rings. The fourth-order valence-corrected chi connectivity index (χ4v) is 1.78. The van der Waals surface area contributed by atoms with Crippen molar-refractivity contribution in [1.82, 2.24) is 5.06 Å². The van der Waals surface area contributed by atoms with E-state index in [0.717, 1.165) is 12.0 Å². The summed E-state index contributed by atoms with van der Waals surface area (Å²) in [5.41, 5.74) is 6.62. The van der Waals surface area contributed by atoms with Crippen molar-refractivity contribution in [2.45, 2.75) is 31.9 Å². The Hall–Kier alpha value is -1.44. The number of methoxy groups -OCH3 is 1. The van der Waals surface area contributed by atoms with Gasteiger partial charge >= 0.3 is 5.97 Å². The molecule has 1 atom stereocenters. The highest BCUT2D eigenvalue weighted by Gasteiger charge is 2.13. The van der Waals surface area contributed by atoms with Crippen molar-refractivity contribution in [3.8, 4) is 0 Å². The Morgan fingerprint density at radius 2 is 2.00 bits per heavy atom. The van der Waals surface area contributed by atoms with E-state index < -0.39 is 12.0 Å². The monoisotopic (exact) mass is 374 g/mol. The highest BCUT2D eigenvalue weighted by atomic mass is 79.9. The predicted molar refractivity (Wildman–Crippen MR) is 88.2 cm³/mol. The van der Waals surface area contributed by atoms with Gasteiger partial charge in [-0.25, -0.2) is 5.06 Å². The fraction of sp³-hybridized carbons (Fsp3) is 0.467. The molecule has 1 amide bonds. The van der Waals surface area contributed by atoms with E-state index in [4.69, 9.17) is 10.6 Å². The average Bonchev–Trinajstić information content (AvgIpc) is 2.54. The molecular weight excluding hydrogens is 352 g/mol. The van der Waals surface area contributed by atoms with Crippen LogP contribution in [0.5, 0.6) is 0 Å². The summed E-state index contributed by atoms with van der Waals surface area (Å²) in [6, 6.07) is 9.00. The molecule has 1 aromatic rings. The van der Waals surface area contributed by atoms with Gasteiger partial charge in [0, 0.05) is 6.54 Å². The molecule has 1 rings (SSSR count). The maximum Gasteiger partial charge on any atom is 0.322 e.